The second-order valence-electron chi connectivity index (χ2n) is 8.34. The molecule has 0 aliphatic carbocycles. The van der Waals surface area contributed by atoms with Crippen molar-refractivity contribution in [3.63, 3.8) is 0 Å². The molecule has 0 bridgehead atoms. The Bertz CT molecular complexity index is 1200. The zero-order valence-electron chi connectivity index (χ0n) is 18.1. The molecule has 3 aromatic rings. The fourth-order valence-electron chi connectivity index (χ4n) is 4.37. The summed E-state index contributed by atoms with van der Waals surface area (Å²) in [4.78, 5) is 22.9. The van der Waals surface area contributed by atoms with Crippen molar-refractivity contribution in [2.24, 2.45) is 0 Å². The van der Waals surface area contributed by atoms with Crippen LogP contribution in [0.25, 0.3) is 11.0 Å². The number of likely N-dealkylation sites (tertiary alicyclic amines) is 1. The molecule has 5 rings (SSSR count). The maximum atomic E-state index is 13.7. The van der Waals surface area contributed by atoms with Crippen molar-refractivity contribution in [3.8, 4) is 11.5 Å². The van der Waals surface area contributed by atoms with Gasteiger partial charge in [0.15, 0.2) is 11.5 Å². The van der Waals surface area contributed by atoms with Crippen molar-refractivity contribution in [1.82, 2.24) is 24.8 Å². The molecule has 2 N–H and O–H groups in total. The van der Waals surface area contributed by atoms with E-state index in [4.69, 9.17) is 9.47 Å². The van der Waals surface area contributed by atoms with E-state index >= 15 is 0 Å². The smallest absolute Gasteiger partial charge is 0.269 e. The number of rotatable bonds is 6. The van der Waals surface area contributed by atoms with Crippen molar-refractivity contribution in [1.29, 1.82) is 0 Å². The Kier molecular flexibility index (Phi) is 6.21. The van der Waals surface area contributed by atoms with Gasteiger partial charge in [-0.25, -0.2) is 9.37 Å². The molecule has 33 heavy (non-hydrogen) atoms. The average Bonchev–Trinajstić information content (AvgIpc) is 2.82. The molecule has 10 heteroatoms. The summed E-state index contributed by atoms with van der Waals surface area (Å²) in [5.74, 6) is 0.947. The van der Waals surface area contributed by atoms with Gasteiger partial charge >= 0.3 is 0 Å². The molecule has 9 nitrogen and oxygen atoms in total. The summed E-state index contributed by atoms with van der Waals surface area (Å²) >= 11 is 0. The van der Waals surface area contributed by atoms with Crippen LogP contribution in [0.1, 0.15) is 12.1 Å². The number of piperidine rings is 1. The number of benzene rings is 1. The van der Waals surface area contributed by atoms with Crippen LogP contribution in [0.4, 0.5) is 4.39 Å². The molecule has 1 saturated heterocycles. The molecule has 0 spiro atoms. The fourth-order valence-corrected chi connectivity index (χ4v) is 4.37. The largest absolute Gasteiger partial charge is 0.486 e. The first-order valence-corrected chi connectivity index (χ1v) is 11.1. The maximum absolute atomic E-state index is 13.7. The van der Waals surface area contributed by atoms with E-state index in [9.17, 15) is 14.3 Å². The summed E-state index contributed by atoms with van der Waals surface area (Å²) in [5.41, 5.74) is 1.61. The molecule has 1 aromatic carbocycles. The number of aliphatic hydroxyl groups excluding tert-OH is 1. The van der Waals surface area contributed by atoms with Crippen LogP contribution in [-0.4, -0.2) is 69.5 Å². The van der Waals surface area contributed by atoms with Crippen LogP contribution in [0.2, 0.25) is 0 Å². The number of nitrogens with one attached hydrogen (secondary N) is 1. The Morgan fingerprint density at radius 1 is 1.12 bits per heavy atom. The van der Waals surface area contributed by atoms with E-state index in [0.29, 0.717) is 61.9 Å². The van der Waals surface area contributed by atoms with Crippen molar-refractivity contribution in [3.05, 3.63) is 58.5 Å². The van der Waals surface area contributed by atoms with Gasteiger partial charge in [-0.3, -0.25) is 14.7 Å². The van der Waals surface area contributed by atoms with E-state index in [2.05, 4.69) is 20.2 Å². The molecule has 2 aromatic heterocycles. The van der Waals surface area contributed by atoms with Crippen LogP contribution in [0.3, 0.4) is 0 Å². The van der Waals surface area contributed by atoms with Crippen molar-refractivity contribution in [2.45, 2.75) is 31.7 Å². The second-order valence-corrected chi connectivity index (χ2v) is 8.34. The van der Waals surface area contributed by atoms with E-state index in [1.165, 1.54) is 22.9 Å². The summed E-state index contributed by atoms with van der Waals surface area (Å²) in [7, 11) is 0. The number of aliphatic hydroxyl groups is 1. The van der Waals surface area contributed by atoms with Crippen LogP contribution in [0.15, 0.2) is 41.5 Å². The number of β-amino-alcohol motifs (C(OH)–C–C–N with tert-alkyl or cyclic N) is 1. The lowest BCUT2D eigenvalue weighted by molar-refractivity contribution is 0.0384. The molecule has 2 atom stereocenters. The zero-order chi connectivity index (χ0) is 22.8. The van der Waals surface area contributed by atoms with Crippen LogP contribution in [0, 0.1) is 5.82 Å². The van der Waals surface area contributed by atoms with Gasteiger partial charge in [0.05, 0.1) is 35.2 Å². The maximum Gasteiger partial charge on any atom is 0.269 e. The number of pyridine rings is 1. The van der Waals surface area contributed by atoms with Crippen molar-refractivity contribution in [2.75, 3.05) is 32.8 Å². The number of nitrogens with zero attached hydrogens (tertiary/aromatic N) is 4. The summed E-state index contributed by atoms with van der Waals surface area (Å²) < 4.78 is 26.3. The van der Waals surface area contributed by atoms with Gasteiger partial charge < -0.3 is 24.5 Å². The van der Waals surface area contributed by atoms with E-state index in [0.717, 1.165) is 18.7 Å². The van der Waals surface area contributed by atoms with E-state index < -0.39 is 11.9 Å². The minimum Gasteiger partial charge on any atom is -0.486 e. The van der Waals surface area contributed by atoms with Gasteiger partial charge in [-0.2, -0.15) is 0 Å². The third-order valence-corrected chi connectivity index (χ3v) is 6.15. The third kappa shape index (κ3) is 4.82. The molecule has 4 heterocycles. The van der Waals surface area contributed by atoms with Gasteiger partial charge in [0.2, 0.25) is 0 Å². The Balaban J connectivity index is 1.16. The average molecular weight is 455 g/mol. The molecule has 1 fully saturated rings. The predicted octanol–water partition coefficient (Wildman–Crippen LogP) is 0.927. The standard InChI is InChI=1S/C23H26FN5O4/c24-15-1-2-17-19(9-15)29(23(31)13-27-17)6-5-28-4-3-18(20(30)14-28)26-11-16-10-21-22(12-25-16)33-8-7-32-21/h1-2,9-10,12-13,18,20,26,30H,3-8,11,14H2/t18-,20+/m0/s1. The minimum atomic E-state index is -0.556. The predicted molar refractivity (Wildman–Crippen MR) is 119 cm³/mol. The van der Waals surface area contributed by atoms with Crippen LogP contribution < -0.4 is 20.3 Å². The Morgan fingerprint density at radius 2 is 1.97 bits per heavy atom. The third-order valence-electron chi connectivity index (χ3n) is 6.15. The monoisotopic (exact) mass is 455 g/mol. The number of ether oxygens (including phenoxy) is 2. The molecule has 174 valence electrons. The van der Waals surface area contributed by atoms with Gasteiger partial charge in [-0.15, -0.1) is 0 Å². The van der Waals surface area contributed by atoms with E-state index in [-0.39, 0.29) is 11.6 Å². The highest BCUT2D eigenvalue weighted by molar-refractivity contribution is 5.74. The lowest BCUT2D eigenvalue weighted by Crippen LogP contribution is -2.53. The summed E-state index contributed by atoms with van der Waals surface area (Å²) in [5, 5.41) is 14.1. The highest BCUT2D eigenvalue weighted by Gasteiger charge is 2.27. The SMILES string of the molecule is O=c1cnc2ccc(F)cc2n1CCN1CC[C@H](NCc2cc3c(cn2)OCCO3)[C@H](O)C1. The topological polar surface area (TPSA) is 102 Å². The van der Waals surface area contributed by atoms with Gasteiger partial charge in [0.1, 0.15) is 19.0 Å². The van der Waals surface area contributed by atoms with Crippen LogP contribution in [0.5, 0.6) is 11.5 Å². The van der Waals surface area contributed by atoms with E-state index in [1.807, 2.05) is 6.07 Å². The lowest BCUT2D eigenvalue weighted by Gasteiger charge is -2.36. The number of halogens is 1. The summed E-state index contributed by atoms with van der Waals surface area (Å²) in [6.07, 6.45) is 3.13. The fraction of sp³-hybridized carbons (Fsp3) is 0.435. The highest BCUT2D eigenvalue weighted by Crippen LogP contribution is 2.29. The first kappa shape index (κ1) is 21.7. The Hall–Kier alpha value is -3.08. The Morgan fingerprint density at radius 3 is 2.82 bits per heavy atom. The summed E-state index contributed by atoms with van der Waals surface area (Å²) in [6, 6.07) is 6.04. The van der Waals surface area contributed by atoms with Gasteiger partial charge in [0.25, 0.3) is 5.56 Å². The van der Waals surface area contributed by atoms with Crippen LogP contribution in [-0.2, 0) is 13.1 Å². The molecule has 0 radical (unpaired) electrons. The molecule has 0 saturated carbocycles. The highest BCUT2D eigenvalue weighted by atomic mass is 19.1. The quantitative estimate of drug-likeness (QED) is 0.566. The molecule has 0 amide bonds. The first-order valence-electron chi connectivity index (χ1n) is 11.1. The lowest BCUT2D eigenvalue weighted by atomic mass is 10.0. The molecule has 2 aliphatic rings. The van der Waals surface area contributed by atoms with Gasteiger partial charge in [-0.05, 0) is 31.2 Å². The van der Waals surface area contributed by atoms with Crippen LogP contribution >= 0.6 is 0 Å². The Labute approximate surface area is 189 Å². The van der Waals surface area contributed by atoms with Gasteiger partial charge in [0, 0.05) is 38.3 Å². The van der Waals surface area contributed by atoms with Gasteiger partial charge in [-0.1, -0.05) is 0 Å². The minimum absolute atomic E-state index is 0.0603. The number of hydrogen-bond acceptors (Lipinski definition) is 8. The molecular formula is C23H26FN5O4. The zero-order valence-corrected chi connectivity index (χ0v) is 18.1. The molecular weight excluding hydrogens is 429 g/mol. The number of hydrogen-bond donors (Lipinski definition) is 2. The van der Waals surface area contributed by atoms with Crippen molar-refractivity contribution >= 4 is 11.0 Å². The molecule has 2 aliphatic heterocycles. The number of aromatic nitrogens is 3. The second kappa shape index (κ2) is 9.42. The van der Waals surface area contributed by atoms with Crippen molar-refractivity contribution < 1.29 is 19.0 Å². The first-order chi connectivity index (χ1) is 16.1. The molecule has 0 unspecified atom stereocenters. The number of fused-ring (bicyclic) bond motifs is 2. The summed E-state index contributed by atoms with van der Waals surface area (Å²) in [6.45, 7) is 3.80. The van der Waals surface area contributed by atoms with E-state index in [1.54, 1.807) is 12.3 Å². The normalized spacial score (nSPS) is 20.8.